The Morgan fingerprint density at radius 2 is 2.00 bits per heavy atom. The molecule has 6 nitrogen and oxygen atoms in total. The van der Waals surface area contributed by atoms with E-state index in [1.165, 1.54) is 6.08 Å². The van der Waals surface area contributed by atoms with Crippen LogP contribution in [-0.2, 0) is 17.9 Å². The molecule has 1 amide bonds. The molecule has 0 aliphatic rings. The van der Waals surface area contributed by atoms with Crippen LogP contribution in [0.1, 0.15) is 21.8 Å². The number of benzene rings is 2. The number of aryl methyl sites for hydroxylation is 1. The number of carbonyl (C=O) groups is 1. The van der Waals surface area contributed by atoms with E-state index in [0.29, 0.717) is 18.9 Å². The number of nitrogens with zero attached hydrogens (tertiary/aromatic N) is 3. The Morgan fingerprint density at radius 3 is 2.74 bits per heavy atom. The number of rotatable bonds is 8. The molecule has 2 aromatic carbocycles. The van der Waals surface area contributed by atoms with Crippen molar-refractivity contribution in [2.24, 2.45) is 0 Å². The van der Waals surface area contributed by atoms with Gasteiger partial charge in [0.25, 0.3) is 0 Å². The van der Waals surface area contributed by atoms with Gasteiger partial charge in [-0.05, 0) is 42.8 Å². The third kappa shape index (κ3) is 5.90. The summed E-state index contributed by atoms with van der Waals surface area (Å²) in [6.45, 7) is 3.06. The predicted molar refractivity (Wildman–Crippen MR) is 123 cm³/mol. The molecule has 1 N–H and O–H groups in total. The average molecular weight is 431 g/mol. The summed E-state index contributed by atoms with van der Waals surface area (Å²) in [6, 6.07) is 17.2. The Morgan fingerprint density at radius 1 is 1.16 bits per heavy atom. The molecule has 0 bridgehead atoms. The monoisotopic (exact) mass is 430 g/mol. The number of anilines is 1. The van der Waals surface area contributed by atoms with Crippen LogP contribution in [0.5, 0.6) is 5.75 Å². The number of amides is 1. The lowest BCUT2D eigenvalue weighted by Gasteiger charge is -2.08. The number of hydrogen-bond donors (Lipinski definition) is 1. The van der Waals surface area contributed by atoms with Crippen LogP contribution in [0.2, 0.25) is 0 Å². The molecular formula is C24H22N4O2S. The molecule has 156 valence electrons. The molecule has 0 radical (unpaired) electrons. The number of para-hydroxylation sites is 1. The molecular weight excluding hydrogens is 408 g/mol. The lowest BCUT2D eigenvalue weighted by molar-refractivity contribution is -0.111. The highest BCUT2D eigenvalue weighted by molar-refractivity contribution is 7.09. The highest BCUT2D eigenvalue weighted by Crippen LogP contribution is 2.21. The van der Waals surface area contributed by atoms with Crippen LogP contribution in [0.25, 0.3) is 6.08 Å². The lowest BCUT2D eigenvalue weighted by Crippen LogP contribution is -2.08. The van der Waals surface area contributed by atoms with Gasteiger partial charge in [-0.3, -0.25) is 9.48 Å². The van der Waals surface area contributed by atoms with E-state index < -0.39 is 0 Å². The molecule has 0 aliphatic carbocycles. The van der Waals surface area contributed by atoms with Crippen molar-refractivity contribution in [3.05, 3.63) is 100 Å². The second kappa shape index (κ2) is 9.86. The van der Waals surface area contributed by atoms with E-state index in [4.69, 9.17) is 4.74 Å². The number of aromatic nitrogens is 3. The second-order valence-electron chi connectivity index (χ2n) is 6.91. The zero-order chi connectivity index (χ0) is 21.5. The van der Waals surface area contributed by atoms with Crippen molar-refractivity contribution in [1.29, 1.82) is 0 Å². The fourth-order valence-corrected chi connectivity index (χ4v) is 3.60. The van der Waals surface area contributed by atoms with Crippen LogP contribution in [0.15, 0.2) is 78.4 Å². The topological polar surface area (TPSA) is 69.0 Å². The predicted octanol–water partition coefficient (Wildman–Crippen LogP) is 4.93. The van der Waals surface area contributed by atoms with Crippen molar-refractivity contribution >= 4 is 29.0 Å². The van der Waals surface area contributed by atoms with E-state index >= 15 is 0 Å². The number of carbonyl (C=O) groups excluding carboxylic acids is 1. The Bertz CT molecular complexity index is 1160. The van der Waals surface area contributed by atoms with Crippen molar-refractivity contribution in [2.75, 3.05) is 5.32 Å². The van der Waals surface area contributed by atoms with Crippen LogP contribution in [-0.4, -0.2) is 20.7 Å². The summed E-state index contributed by atoms with van der Waals surface area (Å²) in [5, 5.41) is 10.1. The standard InChI is InChI=1S/C24H22N4O2S/c1-18-26-22(17-31-18)16-30-23-6-3-2-5-20(23)9-12-24(29)27-21-10-7-19(8-11-21)15-28-14-4-13-25-28/h2-14,17H,15-16H2,1H3,(H,27,29). The maximum atomic E-state index is 12.4. The van der Waals surface area contributed by atoms with Gasteiger partial charge in [0.1, 0.15) is 12.4 Å². The fourth-order valence-electron chi connectivity index (χ4n) is 3.00. The van der Waals surface area contributed by atoms with Crippen molar-refractivity contribution < 1.29 is 9.53 Å². The molecule has 0 atom stereocenters. The van der Waals surface area contributed by atoms with Gasteiger partial charge >= 0.3 is 0 Å². The van der Waals surface area contributed by atoms with Gasteiger partial charge in [-0.2, -0.15) is 5.10 Å². The first kappa shape index (κ1) is 20.6. The van der Waals surface area contributed by atoms with Crippen LogP contribution in [0.3, 0.4) is 0 Å². The van der Waals surface area contributed by atoms with E-state index in [1.807, 2.05) is 77.8 Å². The average Bonchev–Trinajstić information content (AvgIpc) is 3.44. The molecule has 7 heteroatoms. The maximum Gasteiger partial charge on any atom is 0.248 e. The number of nitrogens with one attached hydrogen (secondary N) is 1. The first-order valence-electron chi connectivity index (χ1n) is 9.84. The zero-order valence-corrected chi connectivity index (χ0v) is 17.9. The molecule has 0 fully saturated rings. The number of thiazole rings is 1. The van der Waals surface area contributed by atoms with Crippen LogP contribution < -0.4 is 10.1 Å². The minimum Gasteiger partial charge on any atom is -0.487 e. The molecule has 4 rings (SSSR count). The van der Waals surface area contributed by atoms with Crippen molar-refractivity contribution in [3.8, 4) is 5.75 Å². The van der Waals surface area contributed by atoms with Crippen molar-refractivity contribution in [1.82, 2.24) is 14.8 Å². The molecule has 2 aromatic heterocycles. The van der Waals surface area contributed by atoms with E-state index in [2.05, 4.69) is 15.4 Å². The van der Waals surface area contributed by atoms with Gasteiger partial charge in [0.15, 0.2) is 0 Å². The van der Waals surface area contributed by atoms with E-state index in [-0.39, 0.29) is 5.91 Å². The lowest BCUT2D eigenvalue weighted by atomic mass is 10.2. The fraction of sp³-hybridized carbons (Fsp3) is 0.125. The molecule has 0 spiro atoms. The quantitative estimate of drug-likeness (QED) is 0.403. The SMILES string of the molecule is Cc1nc(COc2ccccc2C=CC(=O)Nc2ccc(Cn3cccn3)cc2)cs1. The summed E-state index contributed by atoms with van der Waals surface area (Å²) in [7, 11) is 0. The number of ether oxygens (including phenoxy) is 1. The Hall–Kier alpha value is -3.71. The van der Waals surface area contributed by atoms with Gasteiger partial charge in [0.05, 0.1) is 17.2 Å². The summed E-state index contributed by atoms with van der Waals surface area (Å²) in [6.07, 6.45) is 6.93. The normalized spacial score (nSPS) is 11.0. The summed E-state index contributed by atoms with van der Waals surface area (Å²) >= 11 is 1.60. The molecule has 0 unspecified atom stereocenters. The highest BCUT2D eigenvalue weighted by Gasteiger charge is 2.05. The van der Waals surface area contributed by atoms with E-state index in [1.54, 1.807) is 23.6 Å². The molecule has 2 heterocycles. The van der Waals surface area contributed by atoms with E-state index in [9.17, 15) is 4.79 Å². The first-order valence-corrected chi connectivity index (χ1v) is 10.7. The summed E-state index contributed by atoms with van der Waals surface area (Å²) in [5.74, 6) is 0.505. The molecule has 0 saturated heterocycles. The zero-order valence-electron chi connectivity index (χ0n) is 17.1. The molecule has 0 saturated carbocycles. The van der Waals surface area contributed by atoms with Gasteiger partial charge in [0, 0.05) is 35.1 Å². The van der Waals surface area contributed by atoms with Crippen molar-refractivity contribution in [3.63, 3.8) is 0 Å². The Balaban J connectivity index is 1.34. The van der Waals surface area contributed by atoms with E-state index in [0.717, 1.165) is 27.5 Å². The highest BCUT2D eigenvalue weighted by atomic mass is 32.1. The first-order chi connectivity index (χ1) is 15.2. The van der Waals surface area contributed by atoms with Gasteiger partial charge in [-0.1, -0.05) is 30.3 Å². The second-order valence-corrected chi connectivity index (χ2v) is 7.97. The van der Waals surface area contributed by atoms with Crippen LogP contribution >= 0.6 is 11.3 Å². The van der Waals surface area contributed by atoms with Gasteiger partial charge in [0.2, 0.25) is 5.91 Å². The summed E-state index contributed by atoms with van der Waals surface area (Å²) in [5.41, 5.74) is 3.58. The van der Waals surface area contributed by atoms with Crippen LogP contribution in [0, 0.1) is 6.92 Å². The smallest absolute Gasteiger partial charge is 0.248 e. The third-order valence-electron chi connectivity index (χ3n) is 4.50. The van der Waals surface area contributed by atoms with Gasteiger partial charge < -0.3 is 10.1 Å². The maximum absolute atomic E-state index is 12.4. The van der Waals surface area contributed by atoms with Crippen molar-refractivity contribution in [2.45, 2.75) is 20.1 Å². The molecule has 4 aromatic rings. The minimum atomic E-state index is -0.204. The number of hydrogen-bond acceptors (Lipinski definition) is 5. The minimum absolute atomic E-state index is 0.204. The van der Waals surface area contributed by atoms with Gasteiger partial charge in [-0.25, -0.2) is 4.98 Å². The molecule has 0 aliphatic heterocycles. The summed E-state index contributed by atoms with van der Waals surface area (Å²) < 4.78 is 7.75. The largest absolute Gasteiger partial charge is 0.487 e. The third-order valence-corrected chi connectivity index (χ3v) is 5.32. The summed E-state index contributed by atoms with van der Waals surface area (Å²) in [4.78, 5) is 16.8. The molecule has 31 heavy (non-hydrogen) atoms. The van der Waals surface area contributed by atoms with Crippen LogP contribution in [0.4, 0.5) is 5.69 Å². The Kier molecular flexibility index (Phi) is 6.54. The Labute approximate surface area is 184 Å². The van der Waals surface area contributed by atoms with Gasteiger partial charge in [-0.15, -0.1) is 11.3 Å².